The van der Waals surface area contributed by atoms with E-state index in [0.29, 0.717) is 6.17 Å². The zero-order chi connectivity index (χ0) is 8.10. The molecule has 66 valence electrons. The van der Waals surface area contributed by atoms with Crippen molar-refractivity contribution in [2.45, 2.75) is 38.8 Å². The fourth-order valence-electron chi connectivity index (χ4n) is 1.97. The molecule has 1 fully saturated rings. The molecule has 0 spiro atoms. The minimum Gasteiger partial charge on any atom is -0.305 e. The second-order valence-electron chi connectivity index (χ2n) is 3.41. The van der Waals surface area contributed by atoms with E-state index >= 15 is 0 Å². The summed E-state index contributed by atoms with van der Waals surface area (Å²) >= 11 is 0. The van der Waals surface area contributed by atoms with Crippen LogP contribution in [0.15, 0.2) is 0 Å². The molecule has 2 heteroatoms. The summed E-state index contributed by atoms with van der Waals surface area (Å²) in [7, 11) is 2.05. The molecule has 2 atom stereocenters. The van der Waals surface area contributed by atoms with Gasteiger partial charge in [-0.25, -0.2) is 0 Å². The quantitative estimate of drug-likeness (QED) is 0.644. The van der Waals surface area contributed by atoms with Crippen LogP contribution in [-0.2, 0) is 0 Å². The molecular formula is C9H20N2. The van der Waals surface area contributed by atoms with Crippen LogP contribution in [0.1, 0.15) is 32.6 Å². The summed E-state index contributed by atoms with van der Waals surface area (Å²) in [4.78, 5) is 0. The van der Waals surface area contributed by atoms with Crippen LogP contribution < -0.4 is 10.6 Å². The maximum absolute atomic E-state index is 3.49. The number of hydrogen-bond donors (Lipinski definition) is 2. The molecule has 0 aromatic rings. The van der Waals surface area contributed by atoms with Gasteiger partial charge in [0.25, 0.3) is 0 Å². The Morgan fingerprint density at radius 1 is 1.55 bits per heavy atom. The molecule has 0 bridgehead atoms. The highest BCUT2D eigenvalue weighted by molar-refractivity contribution is 4.77. The highest BCUT2D eigenvalue weighted by Crippen LogP contribution is 2.19. The van der Waals surface area contributed by atoms with Gasteiger partial charge in [0.15, 0.2) is 0 Å². The van der Waals surface area contributed by atoms with Gasteiger partial charge in [-0.3, -0.25) is 0 Å². The van der Waals surface area contributed by atoms with Crippen molar-refractivity contribution in [2.24, 2.45) is 5.92 Å². The summed E-state index contributed by atoms with van der Waals surface area (Å²) in [5.41, 5.74) is 0. The van der Waals surface area contributed by atoms with Crippen LogP contribution in [0, 0.1) is 5.92 Å². The van der Waals surface area contributed by atoms with Gasteiger partial charge in [0.1, 0.15) is 0 Å². The summed E-state index contributed by atoms with van der Waals surface area (Å²) in [6.45, 7) is 3.45. The number of hydrogen-bond acceptors (Lipinski definition) is 2. The number of rotatable bonds is 3. The molecule has 0 aromatic heterocycles. The van der Waals surface area contributed by atoms with Crippen molar-refractivity contribution >= 4 is 0 Å². The molecule has 0 radical (unpaired) electrons. The molecule has 1 aliphatic heterocycles. The molecular weight excluding hydrogens is 136 g/mol. The molecule has 1 heterocycles. The van der Waals surface area contributed by atoms with Crippen LogP contribution in [0.4, 0.5) is 0 Å². The summed E-state index contributed by atoms with van der Waals surface area (Å²) < 4.78 is 0. The van der Waals surface area contributed by atoms with Gasteiger partial charge in [-0.2, -0.15) is 0 Å². The second kappa shape index (κ2) is 4.73. The first-order valence-corrected chi connectivity index (χ1v) is 4.79. The fraction of sp³-hybridized carbons (Fsp3) is 1.00. The lowest BCUT2D eigenvalue weighted by molar-refractivity contribution is 0.237. The van der Waals surface area contributed by atoms with Gasteiger partial charge in [0, 0.05) is 0 Å². The van der Waals surface area contributed by atoms with Crippen molar-refractivity contribution in [3.05, 3.63) is 0 Å². The maximum Gasteiger partial charge on any atom is 0.0598 e. The Labute approximate surface area is 69.8 Å². The Balaban J connectivity index is 2.31. The van der Waals surface area contributed by atoms with E-state index in [1.807, 2.05) is 7.05 Å². The third kappa shape index (κ3) is 2.46. The minimum atomic E-state index is 0.573. The Kier molecular flexibility index (Phi) is 3.87. The molecule has 0 amide bonds. The third-order valence-corrected chi connectivity index (χ3v) is 2.56. The SMILES string of the molecule is CCCC1CCCNC1NC. The van der Waals surface area contributed by atoms with Crippen LogP contribution >= 0.6 is 0 Å². The topological polar surface area (TPSA) is 24.1 Å². The third-order valence-electron chi connectivity index (χ3n) is 2.56. The molecule has 1 saturated heterocycles. The highest BCUT2D eigenvalue weighted by atomic mass is 15.1. The van der Waals surface area contributed by atoms with Gasteiger partial charge in [0.2, 0.25) is 0 Å². The van der Waals surface area contributed by atoms with Gasteiger partial charge in [-0.15, -0.1) is 0 Å². The monoisotopic (exact) mass is 156 g/mol. The first-order valence-electron chi connectivity index (χ1n) is 4.79. The van der Waals surface area contributed by atoms with Gasteiger partial charge >= 0.3 is 0 Å². The summed E-state index contributed by atoms with van der Waals surface area (Å²) in [5.74, 6) is 0.860. The first kappa shape index (κ1) is 9.01. The van der Waals surface area contributed by atoms with E-state index in [-0.39, 0.29) is 0 Å². The Morgan fingerprint density at radius 3 is 3.00 bits per heavy atom. The Morgan fingerprint density at radius 2 is 2.36 bits per heavy atom. The largest absolute Gasteiger partial charge is 0.305 e. The van der Waals surface area contributed by atoms with E-state index in [4.69, 9.17) is 0 Å². The first-order chi connectivity index (χ1) is 5.38. The van der Waals surface area contributed by atoms with Crippen molar-refractivity contribution in [1.29, 1.82) is 0 Å². The summed E-state index contributed by atoms with van der Waals surface area (Å²) in [5, 5.41) is 6.82. The standard InChI is InChI=1S/C9H20N2/c1-3-5-8-6-4-7-11-9(8)10-2/h8-11H,3-7H2,1-2H3. The van der Waals surface area contributed by atoms with E-state index < -0.39 is 0 Å². The van der Waals surface area contributed by atoms with E-state index in [2.05, 4.69) is 17.6 Å². The molecule has 2 unspecified atom stereocenters. The van der Waals surface area contributed by atoms with Crippen LogP contribution in [0.2, 0.25) is 0 Å². The highest BCUT2D eigenvalue weighted by Gasteiger charge is 2.21. The van der Waals surface area contributed by atoms with Gasteiger partial charge < -0.3 is 10.6 Å². The molecule has 2 N–H and O–H groups in total. The van der Waals surface area contributed by atoms with Crippen molar-refractivity contribution in [3.8, 4) is 0 Å². The molecule has 1 rings (SSSR count). The normalized spacial score (nSPS) is 32.2. The summed E-state index contributed by atoms with van der Waals surface area (Å²) in [6, 6.07) is 0. The van der Waals surface area contributed by atoms with Crippen LogP contribution in [-0.4, -0.2) is 19.8 Å². The van der Waals surface area contributed by atoms with Crippen LogP contribution in [0.3, 0.4) is 0 Å². The average Bonchev–Trinajstić information content (AvgIpc) is 2.06. The summed E-state index contributed by atoms with van der Waals surface area (Å²) in [6.07, 6.45) is 5.99. The minimum absolute atomic E-state index is 0.573. The van der Waals surface area contributed by atoms with Gasteiger partial charge in [-0.05, 0) is 38.8 Å². The van der Waals surface area contributed by atoms with E-state index in [0.717, 1.165) is 5.92 Å². The Bertz CT molecular complexity index is 102. The van der Waals surface area contributed by atoms with E-state index in [1.54, 1.807) is 0 Å². The molecule has 0 saturated carbocycles. The predicted octanol–water partition coefficient (Wildman–Crippen LogP) is 1.33. The Hall–Kier alpha value is -0.0800. The van der Waals surface area contributed by atoms with Crippen molar-refractivity contribution in [3.63, 3.8) is 0 Å². The fourth-order valence-corrected chi connectivity index (χ4v) is 1.97. The molecule has 0 aliphatic carbocycles. The van der Waals surface area contributed by atoms with Crippen molar-refractivity contribution in [1.82, 2.24) is 10.6 Å². The predicted molar refractivity (Wildman–Crippen MR) is 48.5 cm³/mol. The van der Waals surface area contributed by atoms with Gasteiger partial charge in [0.05, 0.1) is 6.17 Å². The van der Waals surface area contributed by atoms with Crippen molar-refractivity contribution < 1.29 is 0 Å². The number of nitrogens with one attached hydrogen (secondary N) is 2. The lowest BCUT2D eigenvalue weighted by Crippen LogP contribution is -2.49. The zero-order valence-electron chi connectivity index (χ0n) is 7.69. The molecule has 2 nitrogen and oxygen atoms in total. The molecule has 11 heavy (non-hydrogen) atoms. The average molecular weight is 156 g/mol. The lowest BCUT2D eigenvalue weighted by Gasteiger charge is -2.32. The zero-order valence-corrected chi connectivity index (χ0v) is 7.69. The maximum atomic E-state index is 3.49. The van der Waals surface area contributed by atoms with Crippen molar-refractivity contribution in [2.75, 3.05) is 13.6 Å². The molecule has 1 aliphatic rings. The lowest BCUT2D eigenvalue weighted by atomic mass is 9.92. The van der Waals surface area contributed by atoms with E-state index in [1.165, 1.54) is 32.2 Å². The van der Waals surface area contributed by atoms with Crippen LogP contribution in [0.5, 0.6) is 0 Å². The van der Waals surface area contributed by atoms with Gasteiger partial charge in [-0.1, -0.05) is 13.3 Å². The molecule has 0 aromatic carbocycles. The van der Waals surface area contributed by atoms with Crippen LogP contribution in [0.25, 0.3) is 0 Å². The smallest absolute Gasteiger partial charge is 0.0598 e. The number of piperidine rings is 1. The van der Waals surface area contributed by atoms with E-state index in [9.17, 15) is 0 Å². The second-order valence-corrected chi connectivity index (χ2v) is 3.41.